The second kappa shape index (κ2) is 11.6. The van der Waals surface area contributed by atoms with Gasteiger partial charge in [-0.15, -0.1) is 0 Å². The summed E-state index contributed by atoms with van der Waals surface area (Å²) < 4.78 is 6.07. The summed E-state index contributed by atoms with van der Waals surface area (Å²) in [5.41, 5.74) is 6.29. The number of benzene rings is 3. The van der Waals surface area contributed by atoms with Crippen LogP contribution in [0.2, 0.25) is 0 Å². The van der Waals surface area contributed by atoms with Crippen LogP contribution >= 0.6 is 0 Å². The Morgan fingerprint density at radius 3 is 1.83 bits per heavy atom. The van der Waals surface area contributed by atoms with Gasteiger partial charge in [0, 0.05) is 6.61 Å². The van der Waals surface area contributed by atoms with E-state index in [0.717, 1.165) is 13.0 Å². The summed E-state index contributed by atoms with van der Waals surface area (Å²) in [5, 5.41) is 0. The highest BCUT2D eigenvalue weighted by Crippen LogP contribution is 2.32. The van der Waals surface area contributed by atoms with Gasteiger partial charge in [-0.1, -0.05) is 118 Å². The van der Waals surface area contributed by atoms with Gasteiger partial charge >= 0.3 is 0 Å². The second-order valence-electron chi connectivity index (χ2n) is 7.81. The first-order chi connectivity index (χ1) is 14.3. The molecule has 1 nitrogen and oxygen atoms in total. The molecule has 1 unspecified atom stereocenters. The molecule has 29 heavy (non-hydrogen) atoms. The molecule has 0 bridgehead atoms. The van der Waals surface area contributed by atoms with Gasteiger partial charge < -0.3 is 4.74 Å². The third kappa shape index (κ3) is 6.30. The number of ether oxygens (including phenoxy) is 1. The summed E-state index contributed by atoms with van der Waals surface area (Å²) in [6, 6.07) is 28.1. The van der Waals surface area contributed by atoms with Gasteiger partial charge in [0.15, 0.2) is 0 Å². The lowest BCUT2D eigenvalue weighted by Crippen LogP contribution is -2.01. The van der Waals surface area contributed by atoms with Crippen LogP contribution in [0, 0.1) is 0 Å². The summed E-state index contributed by atoms with van der Waals surface area (Å²) in [6.45, 7) is 5.27. The minimum atomic E-state index is 0.143. The Morgan fingerprint density at radius 2 is 1.17 bits per heavy atom. The standard InChI is InChI=1S/C28H34O/c1-3-4-5-6-7-13-22-29-23(2)24-18-20-26(21-19-24)28-17-12-11-16-27(28)25-14-9-8-10-15-25/h8-12,14-21,23H,3-7,13,22H2,1-2H3. The van der Waals surface area contributed by atoms with E-state index in [9.17, 15) is 0 Å². The Bertz CT molecular complexity index is 836. The predicted octanol–water partition coefficient (Wildman–Crippen LogP) is 8.46. The fourth-order valence-electron chi connectivity index (χ4n) is 3.78. The van der Waals surface area contributed by atoms with Gasteiger partial charge in [-0.3, -0.25) is 0 Å². The van der Waals surface area contributed by atoms with Crippen LogP contribution in [0.5, 0.6) is 0 Å². The van der Waals surface area contributed by atoms with Gasteiger partial charge in [0.05, 0.1) is 6.10 Å². The Hall–Kier alpha value is -2.38. The summed E-state index contributed by atoms with van der Waals surface area (Å²) in [6.07, 6.45) is 7.94. The van der Waals surface area contributed by atoms with Crippen LogP contribution in [0.1, 0.15) is 64.0 Å². The zero-order valence-electron chi connectivity index (χ0n) is 17.9. The van der Waals surface area contributed by atoms with E-state index in [-0.39, 0.29) is 6.10 Å². The SMILES string of the molecule is CCCCCCCCOC(C)c1ccc(-c2ccccc2-c2ccccc2)cc1. The molecule has 0 radical (unpaired) electrons. The second-order valence-corrected chi connectivity index (χ2v) is 7.81. The van der Waals surface area contributed by atoms with Crippen LogP contribution in [-0.2, 0) is 4.74 Å². The number of hydrogen-bond acceptors (Lipinski definition) is 1. The van der Waals surface area contributed by atoms with Gasteiger partial charge in [-0.25, -0.2) is 0 Å². The molecule has 0 heterocycles. The lowest BCUT2D eigenvalue weighted by molar-refractivity contribution is 0.0627. The van der Waals surface area contributed by atoms with E-state index in [4.69, 9.17) is 4.74 Å². The first-order valence-electron chi connectivity index (χ1n) is 11.2. The molecule has 3 rings (SSSR count). The quantitative estimate of drug-likeness (QED) is 0.300. The smallest absolute Gasteiger partial charge is 0.0796 e. The van der Waals surface area contributed by atoms with E-state index in [1.165, 1.54) is 59.9 Å². The fraction of sp³-hybridized carbons (Fsp3) is 0.357. The van der Waals surface area contributed by atoms with E-state index >= 15 is 0 Å². The number of hydrogen-bond donors (Lipinski definition) is 0. The molecule has 1 atom stereocenters. The van der Waals surface area contributed by atoms with Crippen LogP contribution in [0.4, 0.5) is 0 Å². The molecule has 0 aliphatic heterocycles. The van der Waals surface area contributed by atoms with Crippen LogP contribution in [-0.4, -0.2) is 6.61 Å². The molecule has 0 aromatic heterocycles. The van der Waals surface area contributed by atoms with E-state index in [1.807, 2.05) is 0 Å². The topological polar surface area (TPSA) is 9.23 Å². The van der Waals surface area contributed by atoms with Gasteiger partial charge in [-0.2, -0.15) is 0 Å². The number of unbranched alkanes of at least 4 members (excludes halogenated alkanes) is 5. The van der Waals surface area contributed by atoms with Crippen molar-refractivity contribution in [2.45, 2.75) is 58.5 Å². The van der Waals surface area contributed by atoms with Crippen LogP contribution in [0.25, 0.3) is 22.3 Å². The summed E-state index contributed by atoms with van der Waals surface area (Å²) in [7, 11) is 0. The summed E-state index contributed by atoms with van der Waals surface area (Å²) >= 11 is 0. The first-order valence-corrected chi connectivity index (χ1v) is 11.2. The maximum atomic E-state index is 6.07. The molecule has 152 valence electrons. The highest BCUT2D eigenvalue weighted by molar-refractivity contribution is 5.83. The summed E-state index contributed by atoms with van der Waals surface area (Å²) in [4.78, 5) is 0. The third-order valence-electron chi connectivity index (χ3n) is 5.57. The van der Waals surface area contributed by atoms with Crippen molar-refractivity contribution in [2.75, 3.05) is 6.61 Å². The Balaban J connectivity index is 1.60. The molecule has 0 fully saturated rings. The maximum Gasteiger partial charge on any atom is 0.0796 e. The van der Waals surface area contributed by atoms with Crippen molar-refractivity contribution >= 4 is 0 Å². The normalized spacial score (nSPS) is 12.1. The largest absolute Gasteiger partial charge is 0.374 e. The average Bonchev–Trinajstić information content (AvgIpc) is 2.79. The lowest BCUT2D eigenvalue weighted by atomic mass is 9.94. The Kier molecular flexibility index (Phi) is 8.52. The Labute approximate surface area is 176 Å². The van der Waals surface area contributed by atoms with E-state index < -0.39 is 0 Å². The van der Waals surface area contributed by atoms with E-state index in [1.54, 1.807) is 0 Å². The molecule has 0 saturated heterocycles. The van der Waals surface area contributed by atoms with Gasteiger partial charge in [0.2, 0.25) is 0 Å². The van der Waals surface area contributed by atoms with Crippen molar-refractivity contribution in [1.82, 2.24) is 0 Å². The lowest BCUT2D eigenvalue weighted by Gasteiger charge is -2.15. The zero-order chi connectivity index (χ0) is 20.3. The van der Waals surface area contributed by atoms with Crippen molar-refractivity contribution < 1.29 is 4.74 Å². The highest BCUT2D eigenvalue weighted by atomic mass is 16.5. The molecular formula is C28H34O. The monoisotopic (exact) mass is 386 g/mol. The van der Waals surface area contributed by atoms with E-state index in [2.05, 4.69) is 92.7 Å². The molecule has 0 N–H and O–H groups in total. The molecule has 3 aromatic rings. The van der Waals surface area contributed by atoms with Crippen molar-refractivity contribution in [3.05, 3.63) is 84.4 Å². The fourth-order valence-corrected chi connectivity index (χ4v) is 3.78. The number of rotatable bonds is 11. The summed E-state index contributed by atoms with van der Waals surface area (Å²) in [5.74, 6) is 0. The predicted molar refractivity (Wildman–Crippen MR) is 125 cm³/mol. The van der Waals surface area contributed by atoms with Crippen molar-refractivity contribution in [3.8, 4) is 22.3 Å². The highest BCUT2D eigenvalue weighted by Gasteiger charge is 2.09. The minimum Gasteiger partial charge on any atom is -0.374 e. The van der Waals surface area contributed by atoms with Gasteiger partial charge in [-0.05, 0) is 41.2 Å². The van der Waals surface area contributed by atoms with Crippen LogP contribution in [0.15, 0.2) is 78.9 Å². The molecule has 0 saturated carbocycles. The molecule has 0 spiro atoms. The van der Waals surface area contributed by atoms with Gasteiger partial charge in [0.1, 0.15) is 0 Å². The molecule has 0 aliphatic rings. The maximum absolute atomic E-state index is 6.07. The van der Waals surface area contributed by atoms with Crippen molar-refractivity contribution in [1.29, 1.82) is 0 Å². The van der Waals surface area contributed by atoms with Crippen molar-refractivity contribution in [2.24, 2.45) is 0 Å². The minimum absolute atomic E-state index is 0.143. The first kappa shape index (κ1) is 21.3. The third-order valence-corrected chi connectivity index (χ3v) is 5.57. The molecule has 1 heteroatoms. The van der Waals surface area contributed by atoms with E-state index in [0.29, 0.717) is 0 Å². The zero-order valence-corrected chi connectivity index (χ0v) is 17.9. The molecular weight excluding hydrogens is 352 g/mol. The average molecular weight is 387 g/mol. The van der Waals surface area contributed by atoms with Crippen LogP contribution < -0.4 is 0 Å². The van der Waals surface area contributed by atoms with Crippen LogP contribution in [0.3, 0.4) is 0 Å². The molecule has 0 aliphatic carbocycles. The molecule has 3 aromatic carbocycles. The molecule has 0 amide bonds. The van der Waals surface area contributed by atoms with Crippen molar-refractivity contribution in [3.63, 3.8) is 0 Å². The van der Waals surface area contributed by atoms with Gasteiger partial charge in [0.25, 0.3) is 0 Å². The Morgan fingerprint density at radius 1 is 0.621 bits per heavy atom.